The van der Waals surface area contributed by atoms with Crippen molar-refractivity contribution >= 4 is 33.2 Å². The number of nitrogens with zero attached hydrogens (tertiary/aromatic N) is 2. The van der Waals surface area contributed by atoms with Gasteiger partial charge < -0.3 is 5.32 Å². The second kappa shape index (κ2) is 8.32. The fourth-order valence-electron chi connectivity index (χ4n) is 2.38. The smallest absolute Gasteiger partial charge is 0.255 e. The Hall–Kier alpha value is -2.40. The lowest BCUT2D eigenvalue weighted by molar-refractivity contribution is 0.102. The second-order valence-electron chi connectivity index (χ2n) is 5.38. The van der Waals surface area contributed by atoms with Crippen molar-refractivity contribution in [2.45, 2.75) is 18.7 Å². The zero-order chi connectivity index (χ0) is 19.3. The molecule has 2 rings (SSSR count). The Morgan fingerprint density at radius 1 is 1.15 bits per heavy atom. The maximum absolute atomic E-state index is 12.7. The maximum Gasteiger partial charge on any atom is 0.255 e. The van der Waals surface area contributed by atoms with Gasteiger partial charge in [-0.2, -0.15) is 9.57 Å². The standard InChI is InChI=1S/C18H18ClN3O3S/c1-3-22(4-2)26(24,25)17-11-15(9-10-16(17)19)21-18(23)14-7-5-13(12-20)6-8-14/h5-11H,3-4H2,1-2H3,(H,21,23). The van der Waals surface area contributed by atoms with Gasteiger partial charge in [0.15, 0.2) is 0 Å². The number of anilines is 1. The Morgan fingerprint density at radius 2 is 1.77 bits per heavy atom. The fraction of sp³-hybridized carbons (Fsp3) is 0.222. The molecule has 0 fully saturated rings. The number of rotatable bonds is 6. The van der Waals surface area contributed by atoms with Crippen molar-refractivity contribution in [3.63, 3.8) is 0 Å². The average molecular weight is 392 g/mol. The molecule has 0 radical (unpaired) electrons. The fourth-order valence-corrected chi connectivity index (χ4v) is 4.34. The van der Waals surface area contributed by atoms with Crippen molar-refractivity contribution < 1.29 is 13.2 Å². The maximum atomic E-state index is 12.7. The number of hydrogen-bond acceptors (Lipinski definition) is 4. The summed E-state index contributed by atoms with van der Waals surface area (Å²) >= 11 is 6.08. The zero-order valence-electron chi connectivity index (χ0n) is 14.4. The van der Waals surface area contributed by atoms with E-state index in [2.05, 4.69) is 5.32 Å². The van der Waals surface area contributed by atoms with Crippen molar-refractivity contribution in [3.05, 3.63) is 58.6 Å². The molecule has 0 bridgehead atoms. The predicted molar refractivity (Wildman–Crippen MR) is 101 cm³/mol. The van der Waals surface area contributed by atoms with E-state index in [4.69, 9.17) is 16.9 Å². The Morgan fingerprint density at radius 3 is 2.31 bits per heavy atom. The van der Waals surface area contributed by atoms with E-state index in [1.807, 2.05) is 6.07 Å². The molecule has 0 aliphatic carbocycles. The van der Waals surface area contributed by atoms with E-state index in [-0.39, 0.29) is 9.92 Å². The van der Waals surface area contributed by atoms with Crippen molar-refractivity contribution in [1.82, 2.24) is 4.31 Å². The molecular weight excluding hydrogens is 374 g/mol. The van der Waals surface area contributed by atoms with E-state index in [1.165, 1.54) is 46.8 Å². The van der Waals surface area contributed by atoms with Crippen LogP contribution in [0.15, 0.2) is 47.4 Å². The van der Waals surface area contributed by atoms with Gasteiger partial charge in [0.25, 0.3) is 5.91 Å². The summed E-state index contributed by atoms with van der Waals surface area (Å²) in [7, 11) is -3.75. The van der Waals surface area contributed by atoms with Crippen molar-refractivity contribution in [2.75, 3.05) is 18.4 Å². The summed E-state index contributed by atoms with van der Waals surface area (Å²) < 4.78 is 26.7. The normalized spacial score (nSPS) is 11.2. The molecule has 0 saturated carbocycles. The van der Waals surface area contributed by atoms with E-state index in [1.54, 1.807) is 13.8 Å². The molecule has 0 heterocycles. The Kier molecular flexibility index (Phi) is 6.37. The Bertz CT molecular complexity index is 947. The van der Waals surface area contributed by atoms with Gasteiger partial charge in [0, 0.05) is 24.3 Å². The lowest BCUT2D eigenvalue weighted by Crippen LogP contribution is -2.30. The van der Waals surface area contributed by atoms with Crippen LogP contribution >= 0.6 is 11.6 Å². The lowest BCUT2D eigenvalue weighted by Gasteiger charge is -2.19. The molecule has 0 atom stereocenters. The minimum Gasteiger partial charge on any atom is -0.322 e. The van der Waals surface area contributed by atoms with Crippen LogP contribution in [0.25, 0.3) is 0 Å². The SMILES string of the molecule is CCN(CC)S(=O)(=O)c1cc(NC(=O)c2ccc(C#N)cc2)ccc1Cl. The molecule has 0 aromatic heterocycles. The summed E-state index contributed by atoms with van der Waals surface area (Å²) in [5.74, 6) is -0.414. The van der Waals surface area contributed by atoms with Crippen LogP contribution in [0.4, 0.5) is 5.69 Å². The van der Waals surface area contributed by atoms with Gasteiger partial charge in [0.1, 0.15) is 4.90 Å². The van der Waals surface area contributed by atoms with Gasteiger partial charge in [0.05, 0.1) is 16.7 Å². The van der Waals surface area contributed by atoms with Gasteiger partial charge >= 0.3 is 0 Å². The summed E-state index contributed by atoms with van der Waals surface area (Å²) in [4.78, 5) is 12.3. The molecule has 0 spiro atoms. The zero-order valence-corrected chi connectivity index (χ0v) is 15.9. The number of carbonyl (C=O) groups excluding carboxylic acids is 1. The second-order valence-corrected chi connectivity index (χ2v) is 7.69. The number of sulfonamides is 1. The molecule has 0 saturated heterocycles. The third-order valence-corrected chi connectivity index (χ3v) is 6.32. The third-order valence-electron chi connectivity index (χ3n) is 3.79. The summed E-state index contributed by atoms with van der Waals surface area (Å²) in [6.45, 7) is 4.12. The highest BCUT2D eigenvalue weighted by Crippen LogP contribution is 2.28. The number of amides is 1. The van der Waals surface area contributed by atoms with Gasteiger partial charge in [0.2, 0.25) is 10.0 Å². The first-order valence-electron chi connectivity index (χ1n) is 7.94. The first-order valence-corrected chi connectivity index (χ1v) is 9.76. The van der Waals surface area contributed by atoms with Crippen LogP contribution < -0.4 is 5.32 Å². The van der Waals surface area contributed by atoms with E-state index < -0.39 is 15.9 Å². The molecule has 1 N–H and O–H groups in total. The molecule has 0 unspecified atom stereocenters. The average Bonchev–Trinajstić information content (AvgIpc) is 2.64. The predicted octanol–water partition coefficient (Wildman–Crippen LogP) is 3.49. The van der Waals surface area contributed by atoms with Gasteiger partial charge in [-0.25, -0.2) is 8.42 Å². The molecule has 6 nitrogen and oxygen atoms in total. The molecule has 26 heavy (non-hydrogen) atoms. The molecule has 2 aromatic carbocycles. The highest BCUT2D eigenvalue weighted by molar-refractivity contribution is 7.89. The van der Waals surface area contributed by atoms with Gasteiger partial charge in [-0.1, -0.05) is 25.4 Å². The molecule has 8 heteroatoms. The molecule has 1 amide bonds. The summed E-state index contributed by atoms with van der Waals surface area (Å²) in [6.07, 6.45) is 0. The number of hydrogen-bond donors (Lipinski definition) is 1. The van der Waals surface area contributed by atoms with Crippen molar-refractivity contribution in [1.29, 1.82) is 5.26 Å². The molecule has 2 aromatic rings. The van der Waals surface area contributed by atoms with Gasteiger partial charge in [-0.05, 0) is 42.5 Å². The Labute approximate surface area is 158 Å². The van der Waals surface area contributed by atoms with Crippen LogP contribution in [0.1, 0.15) is 29.8 Å². The summed E-state index contributed by atoms with van der Waals surface area (Å²) in [5, 5.41) is 11.5. The van der Waals surface area contributed by atoms with E-state index >= 15 is 0 Å². The third kappa shape index (κ3) is 4.22. The first-order chi connectivity index (χ1) is 12.3. The van der Waals surface area contributed by atoms with Crippen LogP contribution in [0.3, 0.4) is 0 Å². The molecule has 0 aliphatic heterocycles. The Balaban J connectivity index is 2.31. The first kappa shape index (κ1) is 19.9. The van der Waals surface area contributed by atoms with Gasteiger partial charge in [-0.3, -0.25) is 4.79 Å². The lowest BCUT2D eigenvalue weighted by atomic mass is 10.1. The number of carbonyl (C=O) groups is 1. The molecule has 0 aliphatic rings. The van der Waals surface area contributed by atoms with Crippen LogP contribution in [-0.2, 0) is 10.0 Å². The number of nitriles is 1. The minimum atomic E-state index is -3.75. The highest BCUT2D eigenvalue weighted by Gasteiger charge is 2.25. The van der Waals surface area contributed by atoms with E-state index in [9.17, 15) is 13.2 Å². The minimum absolute atomic E-state index is 0.0551. The monoisotopic (exact) mass is 391 g/mol. The summed E-state index contributed by atoms with van der Waals surface area (Å²) in [5.41, 5.74) is 1.11. The number of nitrogens with one attached hydrogen (secondary N) is 1. The summed E-state index contributed by atoms with van der Waals surface area (Å²) in [6, 6.07) is 12.4. The highest BCUT2D eigenvalue weighted by atomic mass is 35.5. The van der Waals surface area contributed by atoms with Crippen molar-refractivity contribution in [2.24, 2.45) is 0 Å². The topological polar surface area (TPSA) is 90.3 Å². The number of benzene rings is 2. The number of halogens is 1. The van der Waals surface area contributed by atoms with Crippen LogP contribution in [0.2, 0.25) is 5.02 Å². The largest absolute Gasteiger partial charge is 0.322 e. The van der Waals surface area contributed by atoms with Crippen LogP contribution in [-0.4, -0.2) is 31.7 Å². The van der Waals surface area contributed by atoms with Gasteiger partial charge in [-0.15, -0.1) is 0 Å². The van der Waals surface area contributed by atoms with Crippen molar-refractivity contribution in [3.8, 4) is 6.07 Å². The van der Waals surface area contributed by atoms with E-state index in [0.29, 0.717) is 29.9 Å². The van der Waals surface area contributed by atoms with Crippen LogP contribution in [0.5, 0.6) is 0 Å². The quantitative estimate of drug-likeness (QED) is 0.815. The van der Waals surface area contributed by atoms with E-state index in [0.717, 1.165) is 0 Å². The molecular formula is C18H18ClN3O3S. The molecule has 136 valence electrons. The van der Waals surface area contributed by atoms with Crippen LogP contribution in [0, 0.1) is 11.3 Å².